The molecule has 154 valence electrons. The van der Waals surface area contributed by atoms with Gasteiger partial charge in [-0.1, -0.05) is 36.4 Å². The van der Waals surface area contributed by atoms with Crippen LogP contribution in [0.15, 0.2) is 72.1 Å². The Labute approximate surface area is 180 Å². The van der Waals surface area contributed by atoms with Crippen LogP contribution in [0, 0.1) is 5.92 Å². The molecular weight excluding hydrogens is 394 g/mol. The van der Waals surface area contributed by atoms with Crippen LogP contribution in [-0.4, -0.2) is 38.5 Å². The summed E-state index contributed by atoms with van der Waals surface area (Å²) in [6.45, 7) is 2.56. The lowest BCUT2D eigenvalue weighted by Gasteiger charge is -2.21. The maximum absolute atomic E-state index is 12.9. The van der Waals surface area contributed by atoms with Crippen molar-refractivity contribution in [2.24, 2.45) is 5.92 Å². The van der Waals surface area contributed by atoms with E-state index in [0.717, 1.165) is 19.5 Å². The molecule has 3 aromatic rings. The third-order valence-electron chi connectivity index (χ3n) is 5.51. The Morgan fingerprint density at radius 2 is 1.83 bits per heavy atom. The summed E-state index contributed by atoms with van der Waals surface area (Å²) in [6.07, 6.45) is 1.05. The molecule has 1 saturated heterocycles. The van der Waals surface area contributed by atoms with Gasteiger partial charge in [-0.05, 0) is 48.1 Å². The molecule has 0 spiro atoms. The summed E-state index contributed by atoms with van der Waals surface area (Å²) in [5.74, 6) is 0.154. The van der Waals surface area contributed by atoms with E-state index >= 15 is 0 Å². The molecule has 0 aliphatic carbocycles. The summed E-state index contributed by atoms with van der Waals surface area (Å²) in [7, 11) is 1.71. The molecule has 0 saturated carbocycles. The van der Waals surface area contributed by atoms with E-state index in [1.54, 1.807) is 24.1 Å². The number of carbonyl (C=O) groups is 2. The zero-order valence-electron chi connectivity index (χ0n) is 17.0. The SMILES string of the molecule is CN(C(=O)c1cccs1)c1ccccc1C(=O)NCC1CCN(c2ccccc2)C1. The van der Waals surface area contributed by atoms with Gasteiger partial charge in [-0.3, -0.25) is 9.59 Å². The second-order valence-electron chi connectivity index (χ2n) is 7.50. The van der Waals surface area contributed by atoms with Crippen LogP contribution in [0.5, 0.6) is 0 Å². The Morgan fingerprint density at radius 1 is 1.07 bits per heavy atom. The first-order chi connectivity index (χ1) is 14.6. The van der Waals surface area contributed by atoms with Crippen molar-refractivity contribution in [2.45, 2.75) is 6.42 Å². The smallest absolute Gasteiger partial charge is 0.268 e. The average Bonchev–Trinajstić information content (AvgIpc) is 3.49. The number of hydrogen-bond donors (Lipinski definition) is 1. The van der Waals surface area contributed by atoms with Gasteiger partial charge in [0, 0.05) is 32.4 Å². The molecule has 5 nitrogen and oxygen atoms in total. The zero-order valence-corrected chi connectivity index (χ0v) is 17.8. The number of rotatable bonds is 6. The molecule has 4 rings (SSSR count). The Hall–Kier alpha value is -3.12. The fourth-order valence-corrected chi connectivity index (χ4v) is 4.54. The van der Waals surface area contributed by atoms with Gasteiger partial charge in [0.05, 0.1) is 16.1 Å². The summed E-state index contributed by atoms with van der Waals surface area (Å²) in [5, 5.41) is 4.96. The van der Waals surface area contributed by atoms with E-state index < -0.39 is 0 Å². The van der Waals surface area contributed by atoms with Crippen molar-refractivity contribution in [3.63, 3.8) is 0 Å². The second-order valence-corrected chi connectivity index (χ2v) is 8.45. The monoisotopic (exact) mass is 419 g/mol. The van der Waals surface area contributed by atoms with Crippen molar-refractivity contribution in [1.29, 1.82) is 0 Å². The van der Waals surface area contributed by atoms with E-state index in [0.29, 0.717) is 28.6 Å². The van der Waals surface area contributed by atoms with Crippen molar-refractivity contribution in [2.75, 3.05) is 36.5 Å². The van der Waals surface area contributed by atoms with Gasteiger partial charge in [0.2, 0.25) is 0 Å². The van der Waals surface area contributed by atoms with Crippen molar-refractivity contribution in [3.05, 3.63) is 82.6 Å². The van der Waals surface area contributed by atoms with Gasteiger partial charge in [0.15, 0.2) is 0 Å². The molecule has 1 atom stereocenters. The molecule has 2 aromatic carbocycles. The largest absolute Gasteiger partial charge is 0.371 e. The lowest BCUT2D eigenvalue weighted by Crippen LogP contribution is -2.33. The van der Waals surface area contributed by atoms with Crippen LogP contribution in [0.3, 0.4) is 0 Å². The molecule has 1 unspecified atom stereocenters. The minimum absolute atomic E-state index is 0.112. The summed E-state index contributed by atoms with van der Waals surface area (Å²) >= 11 is 1.40. The van der Waals surface area contributed by atoms with E-state index in [1.807, 2.05) is 35.7 Å². The Balaban J connectivity index is 1.39. The molecule has 1 fully saturated rings. The molecule has 1 aliphatic rings. The quantitative estimate of drug-likeness (QED) is 0.649. The van der Waals surface area contributed by atoms with Crippen LogP contribution < -0.4 is 15.1 Å². The first kappa shape index (κ1) is 20.2. The predicted octanol–water partition coefficient (Wildman–Crippen LogP) is 4.28. The Bertz CT molecular complexity index is 1000. The molecule has 1 aromatic heterocycles. The fourth-order valence-electron chi connectivity index (χ4n) is 3.84. The Morgan fingerprint density at radius 3 is 2.60 bits per heavy atom. The van der Waals surface area contributed by atoms with Crippen LogP contribution in [0.2, 0.25) is 0 Å². The van der Waals surface area contributed by atoms with Gasteiger partial charge in [-0.25, -0.2) is 0 Å². The standard InChI is InChI=1S/C24H25N3O2S/c1-26(24(29)22-12-7-15-30-22)21-11-6-5-10-20(21)23(28)25-16-18-13-14-27(17-18)19-8-3-2-4-9-19/h2-12,15,18H,13-14,16-17H2,1H3,(H,25,28). The highest BCUT2D eigenvalue weighted by molar-refractivity contribution is 7.12. The van der Waals surface area contributed by atoms with Crippen LogP contribution >= 0.6 is 11.3 Å². The number of para-hydroxylation sites is 2. The number of carbonyl (C=O) groups excluding carboxylic acids is 2. The van der Waals surface area contributed by atoms with Crippen LogP contribution in [0.1, 0.15) is 26.5 Å². The third kappa shape index (κ3) is 4.39. The van der Waals surface area contributed by atoms with Crippen LogP contribution in [0.25, 0.3) is 0 Å². The molecular formula is C24H25N3O2S. The molecule has 0 radical (unpaired) electrons. The minimum atomic E-state index is -0.144. The van der Waals surface area contributed by atoms with E-state index in [4.69, 9.17) is 0 Å². The first-order valence-corrected chi connectivity index (χ1v) is 11.0. The minimum Gasteiger partial charge on any atom is -0.371 e. The van der Waals surface area contributed by atoms with Crippen molar-refractivity contribution >= 4 is 34.5 Å². The molecule has 0 bridgehead atoms. The normalized spacial score (nSPS) is 15.8. The lowest BCUT2D eigenvalue weighted by molar-refractivity contribution is 0.0949. The van der Waals surface area contributed by atoms with Gasteiger partial charge in [-0.15, -0.1) is 11.3 Å². The topological polar surface area (TPSA) is 52.7 Å². The van der Waals surface area contributed by atoms with Gasteiger partial charge >= 0.3 is 0 Å². The summed E-state index contributed by atoms with van der Waals surface area (Å²) in [6, 6.07) is 21.3. The van der Waals surface area contributed by atoms with Gasteiger partial charge < -0.3 is 15.1 Å². The van der Waals surface area contributed by atoms with E-state index in [2.05, 4.69) is 34.5 Å². The number of anilines is 2. The third-order valence-corrected chi connectivity index (χ3v) is 6.36. The summed E-state index contributed by atoms with van der Waals surface area (Å²) in [4.78, 5) is 30.2. The molecule has 2 heterocycles. The fraction of sp³-hybridized carbons (Fsp3) is 0.250. The van der Waals surface area contributed by atoms with E-state index in [1.165, 1.54) is 17.0 Å². The number of nitrogens with zero attached hydrogens (tertiary/aromatic N) is 2. The number of thiophene rings is 1. The highest BCUT2D eigenvalue weighted by Gasteiger charge is 2.24. The molecule has 1 aliphatic heterocycles. The average molecular weight is 420 g/mol. The molecule has 6 heteroatoms. The second kappa shape index (κ2) is 9.13. The van der Waals surface area contributed by atoms with Crippen molar-refractivity contribution in [1.82, 2.24) is 5.32 Å². The molecule has 2 amide bonds. The van der Waals surface area contributed by atoms with Crippen LogP contribution in [0.4, 0.5) is 11.4 Å². The highest BCUT2D eigenvalue weighted by atomic mass is 32.1. The van der Waals surface area contributed by atoms with E-state index in [9.17, 15) is 9.59 Å². The van der Waals surface area contributed by atoms with Crippen LogP contribution in [-0.2, 0) is 0 Å². The van der Waals surface area contributed by atoms with Crippen molar-refractivity contribution in [3.8, 4) is 0 Å². The van der Waals surface area contributed by atoms with E-state index in [-0.39, 0.29) is 11.8 Å². The zero-order chi connectivity index (χ0) is 20.9. The summed E-state index contributed by atoms with van der Waals surface area (Å²) in [5.41, 5.74) is 2.36. The number of benzene rings is 2. The first-order valence-electron chi connectivity index (χ1n) is 10.1. The summed E-state index contributed by atoms with van der Waals surface area (Å²) < 4.78 is 0. The Kier molecular flexibility index (Phi) is 6.14. The maximum atomic E-state index is 12.9. The molecule has 1 N–H and O–H groups in total. The van der Waals surface area contributed by atoms with Gasteiger partial charge in [-0.2, -0.15) is 0 Å². The number of hydrogen-bond acceptors (Lipinski definition) is 4. The number of nitrogens with one attached hydrogen (secondary N) is 1. The van der Waals surface area contributed by atoms with Gasteiger partial charge in [0.25, 0.3) is 11.8 Å². The van der Waals surface area contributed by atoms with Crippen molar-refractivity contribution < 1.29 is 9.59 Å². The lowest BCUT2D eigenvalue weighted by atomic mass is 10.1. The maximum Gasteiger partial charge on any atom is 0.268 e. The van der Waals surface area contributed by atoms with Gasteiger partial charge in [0.1, 0.15) is 0 Å². The number of amides is 2. The molecule has 30 heavy (non-hydrogen) atoms. The predicted molar refractivity (Wildman–Crippen MR) is 123 cm³/mol. The highest BCUT2D eigenvalue weighted by Crippen LogP contribution is 2.25.